The van der Waals surface area contributed by atoms with E-state index in [1.165, 1.54) is 0 Å². The van der Waals surface area contributed by atoms with Gasteiger partial charge in [-0.15, -0.1) is 0 Å². The number of amides is 1. The molecule has 0 aromatic carbocycles. The molecular formula is C9H16N2O2S. The molecule has 1 aliphatic rings. The van der Waals surface area contributed by atoms with E-state index in [2.05, 4.69) is 5.32 Å². The molecule has 1 aliphatic carbocycles. The molecule has 14 heavy (non-hydrogen) atoms. The molecule has 4 nitrogen and oxygen atoms in total. The highest BCUT2D eigenvalue weighted by Crippen LogP contribution is 2.41. The maximum Gasteiger partial charge on any atom is 0.233 e. The van der Waals surface area contributed by atoms with Crippen LogP contribution in [0.3, 0.4) is 0 Å². The van der Waals surface area contributed by atoms with Crippen molar-refractivity contribution in [1.82, 2.24) is 5.32 Å². The lowest BCUT2D eigenvalue weighted by Gasteiger charge is -2.39. The molecule has 0 radical (unpaired) electrons. The van der Waals surface area contributed by atoms with Gasteiger partial charge in [0.2, 0.25) is 5.91 Å². The van der Waals surface area contributed by atoms with Crippen LogP contribution in [0.1, 0.15) is 19.3 Å². The predicted octanol–water partition coefficient (Wildman–Crippen LogP) is 0.205. The second kappa shape index (κ2) is 4.70. The molecule has 0 unspecified atom stereocenters. The van der Waals surface area contributed by atoms with Crippen LogP contribution >= 0.6 is 12.2 Å². The van der Waals surface area contributed by atoms with Crippen LogP contribution in [0.4, 0.5) is 0 Å². The maximum absolute atomic E-state index is 11.7. The summed E-state index contributed by atoms with van der Waals surface area (Å²) in [5.74, 6) is -0.0479. The average molecular weight is 216 g/mol. The number of methoxy groups -OCH3 is 1. The van der Waals surface area contributed by atoms with E-state index in [1.54, 1.807) is 7.11 Å². The van der Waals surface area contributed by atoms with Gasteiger partial charge in [-0.25, -0.2) is 0 Å². The minimum Gasteiger partial charge on any atom is -0.392 e. The molecule has 1 saturated carbocycles. The number of hydrogen-bond acceptors (Lipinski definition) is 3. The van der Waals surface area contributed by atoms with Crippen LogP contribution in [0.15, 0.2) is 0 Å². The van der Waals surface area contributed by atoms with Gasteiger partial charge in [0.05, 0.1) is 17.0 Å². The van der Waals surface area contributed by atoms with Gasteiger partial charge in [-0.05, 0) is 12.8 Å². The first-order valence-corrected chi connectivity index (χ1v) is 5.11. The van der Waals surface area contributed by atoms with Crippen molar-refractivity contribution in [3.05, 3.63) is 0 Å². The van der Waals surface area contributed by atoms with Crippen LogP contribution in [-0.4, -0.2) is 31.2 Å². The Labute approximate surface area is 89.2 Å². The Morgan fingerprint density at radius 3 is 2.64 bits per heavy atom. The number of nitrogens with one attached hydrogen (secondary N) is 1. The van der Waals surface area contributed by atoms with Crippen LogP contribution in [-0.2, 0) is 9.53 Å². The zero-order valence-electron chi connectivity index (χ0n) is 8.34. The van der Waals surface area contributed by atoms with Gasteiger partial charge in [0, 0.05) is 13.7 Å². The molecular weight excluding hydrogens is 200 g/mol. The van der Waals surface area contributed by atoms with Gasteiger partial charge in [0.25, 0.3) is 0 Å². The van der Waals surface area contributed by atoms with Crippen molar-refractivity contribution in [3.8, 4) is 0 Å². The summed E-state index contributed by atoms with van der Waals surface area (Å²) in [6.45, 7) is 1.03. The Balaban J connectivity index is 2.45. The molecule has 0 aromatic rings. The molecule has 0 heterocycles. The molecule has 0 spiro atoms. The summed E-state index contributed by atoms with van der Waals surface area (Å²) in [5, 5.41) is 2.78. The van der Waals surface area contributed by atoms with Gasteiger partial charge >= 0.3 is 0 Å². The van der Waals surface area contributed by atoms with E-state index in [-0.39, 0.29) is 5.91 Å². The topological polar surface area (TPSA) is 64.3 Å². The maximum atomic E-state index is 11.7. The summed E-state index contributed by atoms with van der Waals surface area (Å²) in [4.78, 5) is 12.0. The van der Waals surface area contributed by atoms with Crippen molar-refractivity contribution < 1.29 is 9.53 Å². The number of carbonyl (C=O) groups is 1. The first-order chi connectivity index (χ1) is 6.63. The molecule has 3 N–H and O–H groups in total. The first kappa shape index (κ1) is 11.4. The van der Waals surface area contributed by atoms with Crippen LogP contribution in [0.2, 0.25) is 0 Å². The summed E-state index contributed by atoms with van der Waals surface area (Å²) in [6.07, 6.45) is 2.58. The van der Waals surface area contributed by atoms with Crippen molar-refractivity contribution in [3.63, 3.8) is 0 Å². The molecule has 1 amide bonds. The summed E-state index contributed by atoms with van der Waals surface area (Å²) in [5.41, 5.74) is 5.01. The van der Waals surface area contributed by atoms with Gasteiger partial charge in [-0.3, -0.25) is 4.79 Å². The minimum atomic E-state index is -0.566. The highest BCUT2D eigenvalue weighted by atomic mass is 32.1. The van der Waals surface area contributed by atoms with Gasteiger partial charge in [0.15, 0.2) is 0 Å². The summed E-state index contributed by atoms with van der Waals surface area (Å²) < 4.78 is 4.84. The predicted molar refractivity (Wildman–Crippen MR) is 58.0 cm³/mol. The van der Waals surface area contributed by atoms with Crippen molar-refractivity contribution in [1.29, 1.82) is 0 Å². The zero-order valence-corrected chi connectivity index (χ0v) is 9.15. The fourth-order valence-corrected chi connectivity index (χ4v) is 1.85. The molecule has 5 heteroatoms. The van der Waals surface area contributed by atoms with E-state index < -0.39 is 5.41 Å². The van der Waals surface area contributed by atoms with Crippen molar-refractivity contribution >= 4 is 23.1 Å². The van der Waals surface area contributed by atoms with Gasteiger partial charge in [0.1, 0.15) is 0 Å². The molecule has 0 aliphatic heterocycles. The van der Waals surface area contributed by atoms with Crippen LogP contribution in [0.5, 0.6) is 0 Å². The Kier molecular flexibility index (Phi) is 3.83. The third-order valence-corrected chi connectivity index (χ3v) is 3.10. The number of rotatable bonds is 5. The van der Waals surface area contributed by atoms with Crippen LogP contribution < -0.4 is 11.1 Å². The van der Waals surface area contributed by atoms with E-state index in [0.717, 1.165) is 19.3 Å². The molecule has 1 rings (SSSR count). The molecule has 0 bridgehead atoms. The lowest BCUT2D eigenvalue weighted by Crippen LogP contribution is -2.53. The Bertz CT molecular complexity index is 239. The van der Waals surface area contributed by atoms with E-state index >= 15 is 0 Å². The zero-order chi connectivity index (χ0) is 10.6. The Morgan fingerprint density at radius 2 is 2.29 bits per heavy atom. The fourth-order valence-electron chi connectivity index (χ4n) is 1.55. The SMILES string of the molecule is COCCNC(=O)C1(C(N)=S)CCC1. The monoisotopic (exact) mass is 216 g/mol. The average Bonchev–Trinajstić information content (AvgIpc) is 2.01. The molecule has 0 aromatic heterocycles. The van der Waals surface area contributed by atoms with Crippen LogP contribution in [0.25, 0.3) is 0 Å². The smallest absolute Gasteiger partial charge is 0.233 e. The van der Waals surface area contributed by atoms with Gasteiger partial charge in [-0.1, -0.05) is 18.6 Å². The quantitative estimate of drug-likeness (QED) is 0.509. The molecule has 1 fully saturated rings. The van der Waals surface area contributed by atoms with Gasteiger partial charge in [-0.2, -0.15) is 0 Å². The lowest BCUT2D eigenvalue weighted by atomic mass is 9.68. The van der Waals surface area contributed by atoms with E-state index in [4.69, 9.17) is 22.7 Å². The fraction of sp³-hybridized carbons (Fsp3) is 0.778. The number of thiocarbonyl (C=S) groups is 1. The van der Waals surface area contributed by atoms with Crippen molar-refractivity contribution in [2.75, 3.05) is 20.3 Å². The highest BCUT2D eigenvalue weighted by molar-refractivity contribution is 7.80. The molecule has 0 atom stereocenters. The molecule has 0 saturated heterocycles. The first-order valence-electron chi connectivity index (χ1n) is 4.70. The normalized spacial score (nSPS) is 18.4. The third kappa shape index (κ3) is 2.04. The highest BCUT2D eigenvalue weighted by Gasteiger charge is 2.46. The standard InChI is InChI=1S/C9H16N2O2S/c1-13-6-5-11-8(12)9(7(10)14)3-2-4-9/h2-6H2,1H3,(H2,10,14)(H,11,12). The van der Waals surface area contributed by atoms with E-state index in [0.29, 0.717) is 18.1 Å². The van der Waals surface area contributed by atoms with Gasteiger partial charge < -0.3 is 15.8 Å². The lowest BCUT2D eigenvalue weighted by molar-refractivity contribution is -0.131. The Hall–Kier alpha value is -0.680. The molecule has 80 valence electrons. The Morgan fingerprint density at radius 1 is 1.64 bits per heavy atom. The van der Waals surface area contributed by atoms with E-state index in [9.17, 15) is 4.79 Å². The van der Waals surface area contributed by atoms with Crippen molar-refractivity contribution in [2.24, 2.45) is 11.1 Å². The van der Waals surface area contributed by atoms with Crippen LogP contribution in [0, 0.1) is 5.41 Å². The number of hydrogen-bond donors (Lipinski definition) is 2. The van der Waals surface area contributed by atoms with E-state index in [1.807, 2.05) is 0 Å². The largest absolute Gasteiger partial charge is 0.392 e. The number of ether oxygens (including phenoxy) is 1. The minimum absolute atomic E-state index is 0.0479. The second-order valence-electron chi connectivity index (χ2n) is 3.55. The number of nitrogens with two attached hydrogens (primary N) is 1. The summed E-state index contributed by atoms with van der Waals surface area (Å²) in [7, 11) is 1.60. The third-order valence-electron chi connectivity index (χ3n) is 2.71. The summed E-state index contributed by atoms with van der Waals surface area (Å²) >= 11 is 4.92. The summed E-state index contributed by atoms with van der Waals surface area (Å²) in [6, 6.07) is 0. The number of carbonyl (C=O) groups excluding carboxylic acids is 1. The second-order valence-corrected chi connectivity index (χ2v) is 3.99. The van der Waals surface area contributed by atoms with Crippen molar-refractivity contribution in [2.45, 2.75) is 19.3 Å².